The lowest BCUT2D eigenvalue weighted by atomic mass is 10.2. The Kier molecular flexibility index (Phi) is 4.39. The summed E-state index contributed by atoms with van der Waals surface area (Å²) in [5.74, 6) is -0.0842. The Hall–Kier alpha value is -1.59. The molecule has 0 spiro atoms. The van der Waals surface area contributed by atoms with Gasteiger partial charge in [0, 0.05) is 21.6 Å². The minimum atomic E-state index is -1.16. The summed E-state index contributed by atoms with van der Waals surface area (Å²) >= 11 is 5.76. The number of rotatable bonds is 5. The smallest absolute Gasteiger partial charge is 0.338 e. The van der Waals surface area contributed by atoms with Crippen LogP contribution in [0.5, 0.6) is 0 Å². The average Bonchev–Trinajstić information content (AvgIpc) is 2.80. The summed E-state index contributed by atoms with van der Waals surface area (Å²) in [5.41, 5.74) is 0.978. The molecule has 100 valence electrons. The van der Waals surface area contributed by atoms with Crippen LogP contribution >= 0.6 is 11.6 Å². The molecule has 19 heavy (non-hydrogen) atoms. The summed E-state index contributed by atoms with van der Waals surface area (Å²) < 4.78 is 17.0. The number of aromatic carboxylic acids is 1. The zero-order valence-corrected chi connectivity index (χ0v) is 11.4. The molecule has 0 saturated heterocycles. The minimum absolute atomic E-state index is 0.0680. The fourth-order valence-corrected chi connectivity index (χ4v) is 2.81. The molecule has 1 aromatic heterocycles. The van der Waals surface area contributed by atoms with Crippen LogP contribution < -0.4 is 0 Å². The molecule has 0 saturated carbocycles. The number of halogens is 1. The highest BCUT2D eigenvalue weighted by atomic mass is 35.5. The lowest BCUT2D eigenvalue weighted by Crippen LogP contribution is -1.99. The minimum Gasteiger partial charge on any atom is -0.478 e. The average molecular weight is 299 g/mol. The molecule has 0 amide bonds. The van der Waals surface area contributed by atoms with Gasteiger partial charge in [-0.2, -0.15) is 0 Å². The van der Waals surface area contributed by atoms with Gasteiger partial charge in [-0.1, -0.05) is 23.7 Å². The van der Waals surface area contributed by atoms with E-state index in [1.54, 1.807) is 12.1 Å². The maximum absolute atomic E-state index is 11.9. The maximum Gasteiger partial charge on any atom is 0.338 e. The van der Waals surface area contributed by atoms with Crippen LogP contribution in [0.3, 0.4) is 0 Å². The Morgan fingerprint density at radius 3 is 2.53 bits per heavy atom. The van der Waals surface area contributed by atoms with Gasteiger partial charge < -0.3 is 9.52 Å². The Labute approximate surface area is 117 Å². The molecule has 4 nitrogen and oxygen atoms in total. The van der Waals surface area contributed by atoms with E-state index in [4.69, 9.17) is 21.1 Å². The number of benzene rings is 1. The molecule has 1 N–H and O–H groups in total. The van der Waals surface area contributed by atoms with Crippen molar-refractivity contribution in [3.8, 4) is 0 Å². The predicted molar refractivity (Wildman–Crippen MR) is 72.7 cm³/mol. The van der Waals surface area contributed by atoms with Crippen LogP contribution in [0.2, 0.25) is 5.02 Å². The third kappa shape index (κ3) is 3.94. The third-order valence-electron chi connectivity index (χ3n) is 2.44. The first kappa shape index (κ1) is 13.8. The highest BCUT2D eigenvalue weighted by molar-refractivity contribution is 7.83. The molecule has 2 rings (SSSR count). The van der Waals surface area contributed by atoms with E-state index in [0.717, 1.165) is 11.8 Å². The monoisotopic (exact) mass is 298 g/mol. The van der Waals surface area contributed by atoms with Gasteiger partial charge in [0.1, 0.15) is 12.0 Å². The van der Waals surface area contributed by atoms with Crippen LogP contribution in [0.4, 0.5) is 0 Å². The molecule has 0 bridgehead atoms. The topological polar surface area (TPSA) is 67.5 Å². The molecule has 1 atom stereocenters. The number of carbonyl (C=O) groups is 1. The fraction of sp³-hybridized carbons (Fsp3) is 0.154. The highest BCUT2D eigenvalue weighted by Gasteiger charge is 2.11. The summed E-state index contributed by atoms with van der Waals surface area (Å²) in [6.07, 6.45) is 1.15. The Balaban J connectivity index is 1.97. The van der Waals surface area contributed by atoms with E-state index < -0.39 is 16.8 Å². The molecule has 6 heteroatoms. The number of furan rings is 1. The lowest BCUT2D eigenvalue weighted by Gasteiger charge is -2.01. The Bertz CT molecular complexity index is 603. The number of carboxylic acid groups (broad SMARTS) is 1. The van der Waals surface area contributed by atoms with Crippen molar-refractivity contribution in [2.75, 3.05) is 0 Å². The van der Waals surface area contributed by atoms with Crippen LogP contribution in [0, 0.1) is 0 Å². The van der Waals surface area contributed by atoms with E-state index in [1.807, 2.05) is 12.1 Å². The summed E-state index contributed by atoms with van der Waals surface area (Å²) in [4.78, 5) is 10.7. The molecule has 1 heterocycles. The van der Waals surface area contributed by atoms with Crippen molar-refractivity contribution in [2.45, 2.75) is 11.5 Å². The zero-order chi connectivity index (χ0) is 13.8. The molecule has 1 aromatic carbocycles. The third-order valence-corrected chi connectivity index (χ3v) is 3.96. The standard InChI is InChI=1S/C13H11ClO4S/c14-11-3-1-9(2-4-11)7-19(17)8-12-5-10(6-18-12)13(15)16/h1-6H,7-8H2,(H,15,16). The van der Waals surface area contributed by atoms with E-state index in [9.17, 15) is 9.00 Å². The summed E-state index contributed by atoms with van der Waals surface area (Å²) in [6, 6.07) is 8.49. The second-order valence-electron chi connectivity index (χ2n) is 3.96. The van der Waals surface area contributed by atoms with Gasteiger partial charge in [0.15, 0.2) is 0 Å². The van der Waals surface area contributed by atoms with Gasteiger partial charge in [0.25, 0.3) is 0 Å². The van der Waals surface area contributed by atoms with Crippen molar-refractivity contribution in [1.82, 2.24) is 0 Å². The number of hydrogen-bond acceptors (Lipinski definition) is 3. The zero-order valence-electron chi connectivity index (χ0n) is 9.84. The van der Waals surface area contributed by atoms with Gasteiger partial charge in [-0.15, -0.1) is 0 Å². The normalized spacial score (nSPS) is 12.3. The van der Waals surface area contributed by atoms with Crippen molar-refractivity contribution in [3.63, 3.8) is 0 Å². The van der Waals surface area contributed by atoms with E-state index in [0.29, 0.717) is 16.5 Å². The van der Waals surface area contributed by atoms with Crippen molar-refractivity contribution in [3.05, 3.63) is 58.5 Å². The van der Waals surface area contributed by atoms with Crippen LogP contribution in [0.15, 0.2) is 41.0 Å². The van der Waals surface area contributed by atoms with Crippen LogP contribution in [0.1, 0.15) is 21.7 Å². The summed E-state index contributed by atoms with van der Waals surface area (Å²) in [5, 5.41) is 9.38. The highest BCUT2D eigenvalue weighted by Crippen LogP contribution is 2.14. The molecular weight excluding hydrogens is 288 g/mol. The molecule has 0 aliphatic rings. The maximum atomic E-state index is 11.9. The van der Waals surface area contributed by atoms with Gasteiger partial charge in [-0.3, -0.25) is 4.21 Å². The van der Waals surface area contributed by atoms with Crippen molar-refractivity contribution in [1.29, 1.82) is 0 Å². The van der Waals surface area contributed by atoms with Gasteiger partial charge >= 0.3 is 5.97 Å². The SMILES string of the molecule is O=C(O)c1coc(CS(=O)Cc2ccc(Cl)cc2)c1. The molecule has 0 aliphatic heterocycles. The molecule has 0 radical (unpaired) electrons. The Morgan fingerprint density at radius 2 is 1.95 bits per heavy atom. The second kappa shape index (κ2) is 6.04. The van der Waals surface area contributed by atoms with Crippen molar-refractivity contribution < 1.29 is 18.5 Å². The molecule has 1 unspecified atom stereocenters. The van der Waals surface area contributed by atoms with E-state index >= 15 is 0 Å². The van der Waals surface area contributed by atoms with Gasteiger partial charge in [-0.05, 0) is 23.8 Å². The second-order valence-corrected chi connectivity index (χ2v) is 5.86. The van der Waals surface area contributed by atoms with Crippen molar-refractivity contribution in [2.24, 2.45) is 0 Å². The first-order valence-corrected chi connectivity index (χ1v) is 7.31. The lowest BCUT2D eigenvalue weighted by molar-refractivity contribution is 0.0696. The van der Waals surface area contributed by atoms with Gasteiger partial charge in [-0.25, -0.2) is 4.79 Å². The number of hydrogen-bond donors (Lipinski definition) is 1. The molecular formula is C13H11ClO4S. The van der Waals surface area contributed by atoms with E-state index in [1.165, 1.54) is 6.07 Å². The van der Waals surface area contributed by atoms with Crippen LogP contribution in [-0.2, 0) is 22.3 Å². The largest absolute Gasteiger partial charge is 0.478 e. The molecule has 2 aromatic rings. The molecule has 0 fully saturated rings. The first-order valence-electron chi connectivity index (χ1n) is 5.45. The Morgan fingerprint density at radius 1 is 1.26 bits per heavy atom. The quantitative estimate of drug-likeness (QED) is 0.921. The summed E-state index contributed by atoms with van der Waals surface area (Å²) in [7, 11) is -1.16. The van der Waals surface area contributed by atoms with Crippen molar-refractivity contribution >= 4 is 28.4 Å². The fourth-order valence-electron chi connectivity index (χ4n) is 1.54. The van der Waals surface area contributed by atoms with Gasteiger partial charge in [0.05, 0.1) is 11.3 Å². The van der Waals surface area contributed by atoms with E-state index in [2.05, 4.69) is 0 Å². The molecule has 0 aliphatic carbocycles. The number of carboxylic acids is 1. The van der Waals surface area contributed by atoms with Crippen LogP contribution in [0.25, 0.3) is 0 Å². The first-order chi connectivity index (χ1) is 9.04. The van der Waals surface area contributed by atoms with E-state index in [-0.39, 0.29) is 11.3 Å². The predicted octanol–water partition coefficient (Wildman–Crippen LogP) is 3.08. The summed E-state index contributed by atoms with van der Waals surface area (Å²) in [6.45, 7) is 0. The van der Waals surface area contributed by atoms with Crippen LogP contribution in [-0.4, -0.2) is 15.3 Å². The van der Waals surface area contributed by atoms with Gasteiger partial charge in [0.2, 0.25) is 0 Å².